The topological polar surface area (TPSA) is 47.9 Å². The summed E-state index contributed by atoms with van der Waals surface area (Å²) in [6.45, 7) is 4.14. The van der Waals surface area contributed by atoms with Gasteiger partial charge < -0.3 is 17.1 Å². The van der Waals surface area contributed by atoms with Crippen LogP contribution in [0.15, 0.2) is 24.3 Å². The summed E-state index contributed by atoms with van der Waals surface area (Å²) >= 11 is 0. The summed E-state index contributed by atoms with van der Waals surface area (Å²) in [5, 5.41) is 0. The van der Waals surface area contributed by atoms with Crippen LogP contribution in [-0.4, -0.2) is 42.4 Å². The fourth-order valence-corrected chi connectivity index (χ4v) is 15.9. The van der Waals surface area contributed by atoms with Crippen molar-refractivity contribution in [1.82, 2.24) is 0 Å². The second-order valence-electron chi connectivity index (χ2n) is 8.23. The molecule has 4 aliphatic carbocycles. The van der Waals surface area contributed by atoms with Crippen LogP contribution in [0.5, 0.6) is 0 Å². The molecule has 1 N–H and O–H groups in total. The first-order chi connectivity index (χ1) is 11.4. The van der Waals surface area contributed by atoms with Crippen LogP contribution in [0.4, 0.5) is 0 Å². The predicted octanol–water partition coefficient (Wildman–Crippen LogP) is 2.72. The minimum atomic E-state index is -2.81. The summed E-state index contributed by atoms with van der Waals surface area (Å²) in [4.78, 5) is 11.4. The molecular formula is C16H25O4Si4. The Morgan fingerprint density at radius 3 is 2.00 bits per heavy atom. The Bertz CT molecular complexity index is 554. The number of rotatable bonds is 7. The van der Waals surface area contributed by atoms with Crippen molar-refractivity contribution in [2.24, 2.45) is 23.7 Å². The minimum Gasteiger partial charge on any atom is -0.435 e. The van der Waals surface area contributed by atoms with Crippen LogP contribution in [0.3, 0.4) is 0 Å². The van der Waals surface area contributed by atoms with Crippen LogP contribution in [0.2, 0.25) is 24.2 Å². The summed E-state index contributed by atoms with van der Waals surface area (Å²) in [7, 11) is -2.36. The molecule has 24 heavy (non-hydrogen) atoms. The highest BCUT2D eigenvalue weighted by molar-refractivity contribution is 6.82. The van der Waals surface area contributed by atoms with Gasteiger partial charge in [0.25, 0.3) is 0 Å². The standard InChI is InChI=1S/C16H25O4Si4/c1-23(17,15-9-11-3-5-13(15)7-11)20-24(2,19-22-18-21)16-10-12-4-6-14(16)8-12/h3-6,11-17H,7-10H2,1-2H3. The molecule has 2 saturated carbocycles. The van der Waals surface area contributed by atoms with E-state index in [-0.39, 0.29) is 10.0 Å². The molecule has 0 amide bonds. The minimum absolute atomic E-state index is 0.0785. The van der Waals surface area contributed by atoms with Crippen molar-refractivity contribution in [1.29, 1.82) is 0 Å². The van der Waals surface area contributed by atoms with Gasteiger partial charge in [0.05, 0.1) is 0 Å². The highest BCUT2D eigenvalue weighted by Crippen LogP contribution is 2.55. The van der Waals surface area contributed by atoms with Crippen molar-refractivity contribution in [3.63, 3.8) is 0 Å². The Kier molecular flexibility index (Phi) is 4.70. The Labute approximate surface area is 152 Å². The van der Waals surface area contributed by atoms with Gasteiger partial charge in [-0.1, -0.05) is 24.3 Å². The van der Waals surface area contributed by atoms with Gasteiger partial charge in [0.15, 0.2) is 0 Å². The van der Waals surface area contributed by atoms with Gasteiger partial charge in [-0.3, -0.25) is 0 Å². The molecule has 0 aromatic rings. The Balaban J connectivity index is 1.53. The van der Waals surface area contributed by atoms with Crippen LogP contribution in [0.1, 0.15) is 25.7 Å². The highest BCUT2D eigenvalue weighted by atomic mass is 28.5. The van der Waals surface area contributed by atoms with Gasteiger partial charge in [0.1, 0.15) is 0 Å². The summed E-state index contributed by atoms with van der Waals surface area (Å²) in [5.74, 6) is 2.37. The number of hydrogen-bond acceptors (Lipinski definition) is 4. The molecule has 0 spiro atoms. The molecule has 0 heterocycles. The van der Waals surface area contributed by atoms with Gasteiger partial charge in [-0.25, -0.2) is 0 Å². The van der Waals surface area contributed by atoms with E-state index in [4.69, 9.17) is 12.3 Å². The van der Waals surface area contributed by atoms with E-state index in [2.05, 4.69) is 41.3 Å². The lowest BCUT2D eigenvalue weighted by atomic mass is 10.1. The van der Waals surface area contributed by atoms with Gasteiger partial charge in [-0.2, -0.15) is 0 Å². The number of fused-ring (bicyclic) bond motifs is 4. The van der Waals surface area contributed by atoms with Crippen LogP contribution in [0, 0.1) is 23.7 Å². The lowest BCUT2D eigenvalue weighted by Gasteiger charge is -2.43. The molecular weight excluding hydrogens is 369 g/mol. The van der Waals surface area contributed by atoms with E-state index in [0.29, 0.717) is 34.8 Å². The van der Waals surface area contributed by atoms with Gasteiger partial charge in [0, 0.05) is 11.1 Å². The molecule has 0 saturated heterocycles. The molecule has 4 rings (SSSR count). The van der Waals surface area contributed by atoms with Crippen molar-refractivity contribution in [3.8, 4) is 0 Å². The van der Waals surface area contributed by atoms with Crippen molar-refractivity contribution >= 4 is 37.6 Å². The molecule has 129 valence electrons. The zero-order valence-electron chi connectivity index (χ0n) is 14.3. The van der Waals surface area contributed by atoms with E-state index >= 15 is 0 Å². The van der Waals surface area contributed by atoms with Gasteiger partial charge in [-0.05, 0) is 62.4 Å². The molecule has 4 bridgehead atoms. The van der Waals surface area contributed by atoms with Gasteiger partial charge in [0.2, 0.25) is 10.5 Å². The van der Waals surface area contributed by atoms with E-state index < -0.39 is 17.1 Å². The van der Waals surface area contributed by atoms with Crippen molar-refractivity contribution < 1.29 is 17.1 Å². The normalized spacial score (nSPS) is 44.2. The summed E-state index contributed by atoms with van der Waals surface area (Å²) in [5.41, 5.74) is 0.736. The Morgan fingerprint density at radius 2 is 1.54 bits per heavy atom. The maximum absolute atomic E-state index is 11.4. The van der Waals surface area contributed by atoms with Crippen LogP contribution in [0.25, 0.3) is 0 Å². The third-order valence-electron chi connectivity index (χ3n) is 6.61. The molecule has 8 atom stereocenters. The van der Waals surface area contributed by atoms with Gasteiger partial charge in [-0.15, -0.1) is 0 Å². The van der Waals surface area contributed by atoms with Crippen LogP contribution < -0.4 is 0 Å². The largest absolute Gasteiger partial charge is 0.435 e. The average Bonchev–Trinajstić information content (AvgIpc) is 3.31. The van der Waals surface area contributed by atoms with Crippen LogP contribution >= 0.6 is 0 Å². The lowest BCUT2D eigenvalue weighted by Crippen LogP contribution is -2.57. The molecule has 2 fully saturated rings. The first-order valence-electron chi connectivity index (χ1n) is 8.96. The van der Waals surface area contributed by atoms with E-state index in [1.165, 1.54) is 12.8 Å². The smallest absolute Gasteiger partial charge is 0.411 e. The SMILES string of the molecule is C[Si](O)(O[Si](C)(O[Si]O[Si])C1CC2C=CC1C2)C1CC2C=CC1C2. The Morgan fingerprint density at radius 1 is 0.958 bits per heavy atom. The summed E-state index contributed by atoms with van der Waals surface area (Å²) in [6, 6.07) is 0. The molecule has 0 aromatic carbocycles. The summed E-state index contributed by atoms with van der Waals surface area (Å²) in [6.07, 6.45) is 13.9. The highest BCUT2D eigenvalue weighted by Gasteiger charge is 2.57. The van der Waals surface area contributed by atoms with E-state index in [0.717, 1.165) is 12.8 Å². The third-order valence-corrected chi connectivity index (χ3v) is 16.2. The van der Waals surface area contributed by atoms with Crippen molar-refractivity contribution in [2.75, 3.05) is 0 Å². The monoisotopic (exact) mass is 393 g/mol. The molecule has 8 unspecified atom stereocenters. The second-order valence-corrected chi connectivity index (χ2v) is 16.5. The fraction of sp³-hybridized carbons (Fsp3) is 0.750. The maximum atomic E-state index is 11.4. The molecule has 5 radical (unpaired) electrons. The van der Waals surface area contributed by atoms with E-state index in [9.17, 15) is 4.80 Å². The van der Waals surface area contributed by atoms with Crippen molar-refractivity contribution in [2.45, 2.75) is 49.9 Å². The zero-order valence-corrected chi connectivity index (χ0v) is 18.3. The number of allylic oxidation sites excluding steroid dienone is 4. The third kappa shape index (κ3) is 3.05. The van der Waals surface area contributed by atoms with E-state index in [1.54, 1.807) is 0 Å². The van der Waals surface area contributed by atoms with E-state index in [1.807, 2.05) is 6.55 Å². The molecule has 0 aromatic heterocycles. The van der Waals surface area contributed by atoms with Crippen LogP contribution in [-0.2, 0) is 12.3 Å². The van der Waals surface area contributed by atoms with Gasteiger partial charge >= 0.3 is 27.1 Å². The lowest BCUT2D eigenvalue weighted by molar-refractivity contribution is 0.272. The molecule has 0 aliphatic heterocycles. The molecule has 4 nitrogen and oxygen atoms in total. The second kappa shape index (κ2) is 6.41. The first kappa shape index (κ1) is 17.6. The quantitative estimate of drug-likeness (QED) is 0.534. The molecule has 4 aliphatic rings. The molecule has 8 heteroatoms. The number of hydrogen-bond donors (Lipinski definition) is 1. The predicted molar refractivity (Wildman–Crippen MR) is 98.4 cm³/mol. The zero-order chi connectivity index (χ0) is 16.9. The maximum Gasteiger partial charge on any atom is 0.411 e. The van der Waals surface area contributed by atoms with Crippen molar-refractivity contribution in [3.05, 3.63) is 24.3 Å². The summed E-state index contributed by atoms with van der Waals surface area (Å²) < 4.78 is 17.9. The Hall–Kier alpha value is 0.188. The fourth-order valence-electron chi connectivity index (χ4n) is 5.54. The first-order valence-corrected chi connectivity index (χ1v) is 15.0. The average molecular weight is 394 g/mol.